The van der Waals surface area contributed by atoms with Gasteiger partial charge in [-0.2, -0.15) is 0 Å². The minimum atomic E-state index is -0.369. The van der Waals surface area contributed by atoms with Crippen LogP contribution in [-0.2, 0) is 6.54 Å². The highest BCUT2D eigenvalue weighted by Crippen LogP contribution is 2.29. The molecule has 0 fully saturated rings. The van der Waals surface area contributed by atoms with Gasteiger partial charge in [-0.1, -0.05) is 0 Å². The van der Waals surface area contributed by atoms with Gasteiger partial charge >= 0.3 is 0 Å². The van der Waals surface area contributed by atoms with E-state index in [0.717, 1.165) is 0 Å². The summed E-state index contributed by atoms with van der Waals surface area (Å²) in [6.45, 7) is 0.164. The number of pyridine rings is 1. The van der Waals surface area contributed by atoms with E-state index in [1.165, 1.54) is 23.2 Å². The first kappa shape index (κ1) is 14.1. The first-order valence-corrected chi connectivity index (χ1v) is 7.58. The topological polar surface area (TPSA) is 60.9 Å². The van der Waals surface area contributed by atoms with Gasteiger partial charge in [-0.25, -0.2) is 9.37 Å². The second-order valence-electron chi connectivity index (χ2n) is 5.06. The van der Waals surface area contributed by atoms with Gasteiger partial charge in [-0.3, -0.25) is 14.3 Å². The van der Waals surface area contributed by atoms with Crippen LogP contribution in [-0.4, -0.2) is 14.5 Å². The molecule has 3 aromatic heterocycles. The van der Waals surface area contributed by atoms with Crippen molar-refractivity contribution < 1.29 is 8.81 Å². The summed E-state index contributed by atoms with van der Waals surface area (Å²) in [5.74, 6) is 0.101. The summed E-state index contributed by atoms with van der Waals surface area (Å²) in [5.41, 5.74) is 0.784. The molecule has 4 rings (SSSR count). The quantitative estimate of drug-likeness (QED) is 0.539. The summed E-state index contributed by atoms with van der Waals surface area (Å²) in [6.07, 6.45) is 4.51. The summed E-state index contributed by atoms with van der Waals surface area (Å²) in [6, 6.07) is 6.21. The molecule has 3 heterocycles. The first-order valence-electron chi connectivity index (χ1n) is 6.79. The number of hydrogen-bond donors (Lipinski definition) is 0. The molecular weight excluding hydrogens is 365 g/mol. The second-order valence-corrected chi connectivity index (χ2v) is 5.91. The van der Waals surface area contributed by atoms with Crippen molar-refractivity contribution in [1.82, 2.24) is 14.5 Å². The molecule has 114 valence electrons. The van der Waals surface area contributed by atoms with E-state index in [0.29, 0.717) is 32.1 Å². The molecule has 0 bridgehead atoms. The second kappa shape index (κ2) is 5.27. The van der Waals surface area contributed by atoms with Gasteiger partial charge in [-0.05, 0) is 40.2 Å². The number of fused-ring (bicyclic) bond motifs is 2. The van der Waals surface area contributed by atoms with E-state index in [1.54, 1.807) is 24.4 Å². The average molecular weight is 374 g/mol. The van der Waals surface area contributed by atoms with Crippen LogP contribution < -0.4 is 5.56 Å². The summed E-state index contributed by atoms with van der Waals surface area (Å²) >= 11 is 3.33. The molecule has 4 aromatic rings. The Labute approximate surface area is 137 Å². The van der Waals surface area contributed by atoms with Gasteiger partial charge in [0.15, 0.2) is 5.58 Å². The smallest absolute Gasteiger partial charge is 0.263 e. The van der Waals surface area contributed by atoms with Gasteiger partial charge in [0.2, 0.25) is 0 Å². The maximum absolute atomic E-state index is 13.8. The molecule has 0 atom stereocenters. The van der Waals surface area contributed by atoms with Crippen LogP contribution in [0, 0.1) is 5.82 Å². The van der Waals surface area contributed by atoms with Gasteiger partial charge in [-0.15, -0.1) is 0 Å². The maximum atomic E-state index is 13.8. The lowest BCUT2D eigenvalue weighted by molar-refractivity contribution is 0.520. The van der Waals surface area contributed by atoms with Gasteiger partial charge < -0.3 is 4.42 Å². The summed E-state index contributed by atoms with van der Waals surface area (Å²) in [5, 5.41) is 0.802. The van der Waals surface area contributed by atoms with Gasteiger partial charge in [0.25, 0.3) is 5.56 Å². The van der Waals surface area contributed by atoms with E-state index < -0.39 is 0 Å². The number of benzene rings is 1. The lowest BCUT2D eigenvalue weighted by atomic mass is 10.2. The van der Waals surface area contributed by atoms with Crippen molar-refractivity contribution in [1.29, 1.82) is 0 Å². The zero-order chi connectivity index (χ0) is 16.0. The van der Waals surface area contributed by atoms with E-state index >= 15 is 0 Å². The molecule has 1 aromatic carbocycles. The molecular formula is C16H9BrFN3O2. The van der Waals surface area contributed by atoms with Gasteiger partial charge in [0.1, 0.15) is 11.6 Å². The Morgan fingerprint density at radius 3 is 2.96 bits per heavy atom. The Bertz CT molecular complexity index is 1060. The third-order valence-corrected chi connectivity index (χ3v) is 4.21. The summed E-state index contributed by atoms with van der Waals surface area (Å²) in [7, 11) is 0. The van der Waals surface area contributed by atoms with Crippen molar-refractivity contribution in [2.24, 2.45) is 0 Å². The van der Waals surface area contributed by atoms with Crippen LogP contribution in [0.15, 0.2) is 56.7 Å². The number of rotatable bonds is 2. The zero-order valence-electron chi connectivity index (χ0n) is 11.7. The normalized spacial score (nSPS) is 11.4. The fourth-order valence-corrected chi connectivity index (χ4v) is 2.90. The minimum Gasteiger partial charge on any atom is -0.458 e. The van der Waals surface area contributed by atoms with Crippen LogP contribution in [0.25, 0.3) is 21.9 Å². The summed E-state index contributed by atoms with van der Waals surface area (Å²) in [4.78, 5) is 20.6. The van der Waals surface area contributed by atoms with Crippen LogP contribution in [0.2, 0.25) is 0 Å². The van der Waals surface area contributed by atoms with Crippen LogP contribution in [0.4, 0.5) is 4.39 Å². The third kappa shape index (κ3) is 2.33. The van der Waals surface area contributed by atoms with Crippen LogP contribution in [0.5, 0.6) is 0 Å². The third-order valence-electron chi connectivity index (χ3n) is 3.59. The van der Waals surface area contributed by atoms with Crippen LogP contribution >= 0.6 is 15.9 Å². The number of hydrogen-bond acceptors (Lipinski definition) is 4. The molecule has 0 amide bonds. The zero-order valence-corrected chi connectivity index (χ0v) is 13.2. The molecule has 5 nitrogen and oxygen atoms in total. The molecule has 7 heteroatoms. The first-order chi connectivity index (χ1) is 11.1. The fourth-order valence-electron chi connectivity index (χ4n) is 2.47. The SMILES string of the molecule is O=c1c2cnccc2ncn1Cc1cc2c(F)ccc(Br)c2o1. The molecule has 0 N–H and O–H groups in total. The highest BCUT2D eigenvalue weighted by atomic mass is 79.9. The van der Waals surface area contributed by atoms with E-state index in [2.05, 4.69) is 25.9 Å². The van der Waals surface area contributed by atoms with Crippen molar-refractivity contribution >= 4 is 37.8 Å². The van der Waals surface area contributed by atoms with Crippen LogP contribution in [0.3, 0.4) is 0 Å². The highest BCUT2D eigenvalue weighted by molar-refractivity contribution is 9.10. The lowest BCUT2D eigenvalue weighted by Gasteiger charge is -2.03. The van der Waals surface area contributed by atoms with Gasteiger partial charge in [0, 0.05) is 12.4 Å². The molecule has 0 spiro atoms. The number of halogens is 2. The predicted octanol–water partition coefficient (Wildman–Crippen LogP) is 3.49. The Kier molecular flexibility index (Phi) is 3.23. The molecule has 0 saturated heterocycles. The Morgan fingerprint density at radius 2 is 2.13 bits per heavy atom. The van der Waals surface area contributed by atoms with Gasteiger partial charge in [0.05, 0.1) is 33.6 Å². The molecule has 0 unspecified atom stereocenters. The van der Waals surface area contributed by atoms with E-state index in [4.69, 9.17) is 4.42 Å². The van der Waals surface area contributed by atoms with Crippen LogP contribution in [0.1, 0.15) is 5.76 Å². The maximum Gasteiger partial charge on any atom is 0.263 e. The Balaban J connectivity index is 1.82. The van der Waals surface area contributed by atoms with Crippen molar-refractivity contribution in [2.45, 2.75) is 6.54 Å². The molecule has 0 aliphatic carbocycles. The van der Waals surface area contributed by atoms with Crippen molar-refractivity contribution in [2.75, 3.05) is 0 Å². The Morgan fingerprint density at radius 1 is 1.26 bits per heavy atom. The Hall–Kier alpha value is -2.54. The minimum absolute atomic E-state index is 0.164. The highest BCUT2D eigenvalue weighted by Gasteiger charge is 2.13. The summed E-state index contributed by atoms with van der Waals surface area (Å²) < 4.78 is 21.6. The largest absolute Gasteiger partial charge is 0.458 e. The average Bonchev–Trinajstić information content (AvgIpc) is 2.99. The fraction of sp³-hybridized carbons (Fsp3) is 0.0625. The van der Waals surface area contributed by atoms with Crippen molar-refractivity contribution in [3.63, 3.8) is 0 Å². The lowest BCUT2D eigenvalue weighted by Crippen LogP contribution is -2.21. The molecule has 23 heavy (non-hydrogen) atoms. The number of nitrogens with zero attached hydrogens (tertiary/aromatic N) is 3. The number of aromatic nitrogens is 3. The molecule has 0 radical (unpaired) electrons. The van der Waals surface area contributed by atoms with Crippen molar-refractivity contribution in [3.05, 3.63) is 69.4 Å². The van der Waals surface area contributed by atoms with E-state index in [1.807, 2.05) is 0 Å². The standard InChI is InChI=1S/C16H9BrFN3O2/c17-12-1-2-13(18)10-5-9(23-15(10)12)7-21-8-20-14-3-4-19-6-11(14)16(21)22/h1-6,8H,7H2. The van der Waals surface area contributed by atoms with Crippen molar-refractivity contribution in [3.8, 4) is 0 Å². The monoisotopic (exact) mass is 373 g/mol. The molecule has 0 aliphatic heterocycles. The van der Waals surface area contributed by atoms with E-state index in [9.17, 15) is 9.18 Å². The number of furan rings is 1. The van der Waals surface area contributed by atoms with E-state index in [-0.39, 0.29) is 17.9 Å². The molecule has 0 saturated carbocycles. The molecule has 0 aliphatic rings. The predicted molar refractivity (Wildman–Crippen MR) is 86.8 cm³/mol.